The van der Waals surface area contributed by atoms with E-state index in [-0.39, 0.29) is 11.4 Å². The fourth-order valence-electron chi connectivity index (χ4n) is 2.86. The summed E-state index contributed by atoms with van der Waals surface area (Å²) < 4.78 is 0. The minimum absolute atomic E-state index is 0.0517. The van der Waals surface area contributed by atoms with E-state index >= 15 is 0 Å². The first-order chi connectivity index (χ1) is 8.68. The molecule has 0 aromatic heterocycles. The second kappa shape index (κ2) is 5.76. The molecule has 0 bridgehead atoms. The van der Waals surface area contributed by atoms with E-state index in [4.69, 9.17) is 0 Å². The highest BCUT2D eigenvalue weighted by molar-refractivity contribution is 5.86. The Morgan fingerprint density at radius 2 is 1.84 bits per heavy atom. The highest BCUT2D eigenvalue weighted by Crippen LogP contribution is 2.38. The zero-order valence-electron chi connectivity index (χ0n) is 12.3. The summed E-state index contributed by atoms with van der Waals surface area (Å²) in [6.45, 7) is 12.0. The van der Waals surface area contributed by atoms with Crippen LogP contribution in [0.3, 0.4) is 0 Å². The number of carbonyl (C=O) groups excluding carboxylic acids is 1. The van der Waals surface area contributed by atoms with Gasteiger partial charge in [0.05, 0.1) is 11.8 Å². The molecule has 1 rings (SSSR count). The predicted octanol–water partition coefficient (Wildman–Crippen LogP) is 2.55. The van der Waals surface area contributed by atoms with Gasteiger partial charge in [0, 0.05) is 12.1 Å². The SMILES string of the molecule is C=CCN(C(=O)C1CC(C)CC1C(=O)O)C(C)(C)C. The second-order valence-corrected chi connectivity index (χ2v) is 6.54. The Morgan fingerprint density at radius 3 is 2.26 bits per heavy atom. The Bertz CT molecular complexity index is 370. The average molecular weight is 267 g/mol. The molecule has 3 atom stereocenters. The van der Waals surface area contributed by atoms with Crippen LogP contribution in [0.2, 0.25) is 0 Å². The number of hydrogen-bond donors (Lipinski definition) is 1. The number of aliphatic carboxylic acids is 1. The average Bonchev–Trinajstić information content (AvgIpc) is 2.66. The van der Waals surface area contributed by atoms with E-state index in [0.29, 0.717) is 25.3 Å². The summed E-state index contributed by atoms with van der Waals surface area (Å²) in [5, 5.41) is 9.27. The Labute approximate surface area is 115 Å². The monoisotopic (exact) mass is 267 g/mol. The number of amides is 1. The molecule has 19 heavy (non-hydrogen) atoms. The minimum atomic E-state index is -0.852. The van der Waals surface area contributed by atoms with Crippen LogP contribution in [0, 0.1) is 17.8 Å². The van der Waals surface area contributed by atoms with Gasteiger partial charge >= 0.3 is 5.97 Å². The fraction of sp³-hybridized carbons (Fsp3) is 0.733. The summed E-state index contributed by atoms with van der Waals surface area (Å²) in [6.07, 6.45) is 2.95. The van der Waals surface area contributed by atoms with Gasteiger partial charge in [-0.05, 0) is 39.5 Å². The Hall–Kier alpha value is -1.32. The lowest BCUT2D eigenvalue weighted by Gasteiger charge is -2.37. The lowest BCUT2D eigenvalue weighted by atomic mass is 9.92. The maximum atomic E-state index is 12.7. The molecule has 1 aliphatic carbocycles. The molecule has 0 radical (unpaired) electrons. The topological polar surface area (TPSA) is 57.6 Å². The first-order valence-electron chi connectivity index (χ1n) is 6.83. The van der Waals surface area contributed by atoms with Crippen molar-refractivity contribution in [3.8, 4) is 0 Å². The van der Waals surface area contributed by atoms with E-state index < -0.39 is 17.8 Å². The summed E-state index contributed by atoms with van der Waals surface area (Å²) >= 11 is 0. The van der Waals surface area contributed by atoms with E-state index in [1.807, 2.05) is 27.7 Å². The van der Waals surface area contributed by atoms with E-state index in [1.54, 1.807) is 11.0 Å². The summed E-state index contributed by atoms with van der Waals surface area (Å²) in [7, 11) is 0. The molecule has 1 N–H and O–H groups in total. The molecule has 0 spiro atoms. The third-order valence-corrected chi connectivity index (χ3v) is 3.82. The molecule has 0 heterocycles. The molecule has 1 fully saturated rings. The van der Waals surface area contributed by atoms with Crippen LogP contribution in [0.1, 0.15) is 40.5 Å². The van der Waals surface area contributed by atoms with Gasteiger partial charge in [0.25, 0.3) is 0 Å². The van der Waals surface area contributed by atoms with Gasteiger partial charge in [-0.3, -0.25) is 9.59 Å². The molecule has 0 aromatic carbocycles. The van der Waals surface area contributed by atoms with Crippen LogP contribution in [0.4, 0.5) is 0 Å². The van der Waals surface area contributed by atoms with Crippen molar-refractivity contribution in [1.82, 2.24) is 4.90 Å². The zero-order valence-corrected chi connectivity index (χ0v) is 12.3. The molecule has 4 heteroatoms. The molecule has 4 nitrogen and oxygen atoms in total. The van der Waals surface area contributed by atoms with Crippen molar-refractivity contribution in [2.75, 3.05) is 6.54 Å². The van der Waals surface area contributed by atoms with Crippen LogP contribution in [0.5, 0.6) is 0 Å². The van der Waals surface area contributed by atoms with Gasteiger partial charge in [0.1, 0.15) is 0 Å². The summed E-state index contributed by atoms with van der Waals surface area (Å²) in [4.78, 5) is 25.7. The molecule has 1 saturated carbocycles. The van der Waals surface area contributed by atoms with Gasteiger partial charge in [0.15, 0.2) is 0 Å². The third kappa shape index (κ3) is 3.58. The highest BCUT2D eigenvalue weighted by atomic mass is 16.4. The molecule has 0 aliphatic heterocycles. The van der Waals surface area contributed by atoms with E-state index in [9.17, 15) is 14.7 Å². The van der Waals surface area contributed by atoms with Crippen LogP contribution in [0.25, 0.3) is 0 Å². The lowest BCUT2D eigenvalue weighted by molar-refractivity contribution is -0.151. The molecule has 3 unspecified atom stereocenters. The largest absolute Gasteiger partial charge is 0.481 e. The summed E-state index contributed by atoms with van der Waals surface area (Å²) in [6, 6.07) is 0. The second-order valence-electron chi connectivity index (χ2n) is 6.54. The number of rotatable bonds is 4. The van der Waals surface area contributed by atoms with Crippen molar-refractivity contribution < 1.29 is 14.7 Å². The van der Waals surface area contributed by atoms with Crippen LogP contribution < -0.4 is 0 Å². The Kier molecular flexibility index (Phi) is 4.77. The van der Waals surface area contributed by atoms with Crippen molar-refractivity contribution >= 4 is 11.9 Å². The molecule has 1 amide bonds. The molecular weight excluding hydrogens is 242 g/mol. The quantitative estimate of drug-likeness (QED) is 0.796. The van der Waals surface area contributed by atoms with Crippen LogP contribution in [-0.4, -0.2) is 34.0 Å². The number of hydrogen-bond acceptors (Lipinski definition) is 2. The van der Waals surface area contributed by atoms with Gasteiger partial charge in [-0.25, -0.2) is 0 Å². The lowest BCUT2D eigenvalue weighted by Crippen LogP contribution is -2.49. The van der Waals surface area contributed by atoms with E-state index in [2.05, 4.69) is 6.58 Å². The van der Waals surface area contributed by atoms with Crippen molar-refractivity contribution in [3.63, 3.8) is 0 Å². The fourth-order valence-corrected chi connectivity index (χ4v) is 2.86. The molecule has 0 saturated heterocycles. The maximum absolute atomic E-state index is 12.7. The van der Waals surface area contributed by atoms with Crippen LogP contribution in [0.15, 0.2) is 12.7 Å². The van der Waals surface area contributed by atoms with Gasteiger partial charge in [0.2, 0.25) is 5.91 Å². The van der Waals surface area contributed by atoms with Crippen molar-refractivity contribution in [1.29, 1.82) is 0 Å². The number of carbonyl (C=O) groups is 2. The number of carboxylic acids is 1. The summed E-state index contributed by atoms with van der Waals surface area (Å²) in [5.41, 5.74) is -0.319. The molecule has 108 valence electrons. The smallest absolute Gasteiger partial charge is 0.307 e. The van der Waals surface area contributed by atoms with Gasteiger partial charge in [-0.1, -0.05) is 13.0 Å². The van der Waals surface area contributed by atoms with Gasteiger partial charge in [-0.2, -0.15) is 0 Å². The van der Waals surface area contributed by atoms with E-state index in [0.717, 1.165) is 0 Å². The molecular formula is C15H25NO3. The maximum Gasteiger partial charge on any atom is 0.307 e. The normalized spacial score (nSPS) is 27.1. The Balaban J connectivity index is 2.95. The van der Waals surface area contributed by atoms with Crippen molar-refractivity contribution in [3.05, 3.63) is 12.7 Å². The minimum Gasteiger partial charge on any atom is -0.481 e. The standard InChI is InChI=1S/C15H25NO3/c1-6-7-16(15(3,4)5)13(17)11-8-10(2)9-12(11)14(18)19/h6,10-12H,1,7-9H2,2-5H3,(H,18,19). The Morgan fingerprint density at radius 1 is 1.32 bits per heavy atom. The van der Waals surface area contributed by atoms with Gasteiger partial charge in [-0.15, -0.1) is 6.58 Å². The van der Waals surface area contributed by atoms with Crippen molar-refractivity contribution in [2.45, 2.75) is 46.1 Å². The number of nitrogens with zero attached hydrogens (tertiary/aromatic N) is 1. The number of carboxylic acid groups (broad SMARTS) is 1. The first-order valence-corrected chi connectivity index (χ1v) is 6.83. The molecule has 1 aliphatic rings. The third-order valence-electron chi connectivity index (χ3n) is 3.82. The van der Waals surface area contributed by atoms with E-state index in [1.165, 1.54) is 0 Å². The highest BCUT2D eigenvalue weighted by Gasteiger charge is 2.44. The van der Waals surface area contributed by atoms with Crippen molar-refractivity contribution in [2.24, 2.45) is 17.8 Å². The zero-order chi connectivity index (χ0) is 14.8. The first kappa shape index (κ1) is 15.7. The van der Waals surface area contributed by atoms with Crippen LogP contribution in [-0.2, 0) is 9.59 Å². The predicted molar refractivity (Wildman–Crippen MR) is 74.7 cm³/mol. The van der Waals surface area contributed by atoms with Gasteiger partial charge < -0.3 is 10.0 Å². The van der Waals surface area contributed by atoms with Crippen LogP contribution >= 0.6 is 0 Å². The summed E-state index contributed by atoms with van der Waals surface area (Å²) in [5.74, 6) is -1.55. The molecule has 0 aromatic rings.